The number of aliphatic hydroxyl groups is 2. The third kappa shape index (κ3) is 7.87. The number of aryl methyl sites for hydroxylation is 4. The average molecular weight is 714 g/mol. The van der Waals surface area contributed by atoms with E-state index in [1.807, 2.05) is 83.9 Å². The molecule has 0 amide bonds. The van der Waals surface area contributed by atoms with Crippen LogP contribution in [0.2, 0.25) is 0 Å². The second kappa shape index (κ2) is 14.8. The first-order valence-corrected chi connectivity index (χ1v) is 12.1. The number of hydrogen-bond acceptors (Lipinski definition) is 2. The van der Waals surface area contributed by atoms with Crippen molar-refractivity contribution in [3.8, 4) is 0 Å². The van der Waals surface area contributed by atoms with Gasteiger partial charge in [0, 0.05) is 0 Å². The lowest BCUT2D eigenvalue weighted by Gasteiger charge is -2.07. The summed E-state index contributed by atoms with van der Waals surface area (Å²) in [5.41, 5.74) is 3.63. The van der Waals surface area contributed by atoms with Crippen molar-refractivity contribution in [2.24, 2.45) is 14.1 Å². The molecule has 0 aliphatic heterocycles. The molecule has 8 heteroatoms. The van der Waals surface area contributed by atoms with Gasteiger partial charge in [0.25, 0.3) is 0 Å². The van der Waals surface area contributed by atoms with Gasteiger partial charge in [-0.1, -0.05) is 60.7 Å². The Bertz CT molecular complexity index is 1090. The molecule has 2 unspecified atom stereocenters. The highest BCUT2D eigenvalue weighted by Gasteiger charge is 2.21. The molecule has 6 nitrogen and oxygen atoms in total. The van der Waals surface area contributed by atoms with E-state index in [1.54, 1.807) is 0 Å². The standard InChI is InChI=1S/C28H36N4O2.2HI/c1-29-21-31(19-25(29)27(33)23-13-7-5-8-14-23)17-11-3-4-12-18-32-20-26(30(2)22-32)28(34)24-15-9-6-10-16-24;;/h5-10,13-16,19-22,27-28,33-34H,3-4,11-12,17-18H2,1-2H3;2*1H/q+2;;/p-2. The van der Waals surface area contributed by atoms with Crippen molar-refractivity contribution in [1.82, 2.24) is 9.13 Å². The van der Waals surface area contributed by atoms with Gasteiger partial charge in [-0.05, 0) is 36.8 Å². The Morgan fingerprint density at radius 3 is 1.33 bits per heavy atom. The minimum atomic E-state index is -0.611. The quantitative estimate of drug-likeness (QED) is 0.102. The fourth-order valence-corrected chi connectivity index (χ4v) is 4.49. The molecule has 36 heavy (non-hydrogen) atoms. The summed E-state index contributed by atoms with van der Waals surface area (Å²) in [6, 6.07) is 19.6. The molecule has 0 fully saturated rings. The summed E-state index contributed by atoms with van der Waals surface area (Å²) in [6.07, 6.45) is 11.5. The van der Waals surface area contributed by atoms with Crippen molar-refractivity contribution in [3.05, 3.63) is 108 Å². The number of halogens is 2. The van der Waals surface area contributed by atoms with E-state index in [0.29, 0.717) is 0 Å². The van der Waals surface area contributed by atoms with E-state index in [1.165, 1.54) is 0 Å². The number of unbranched alkanes of at least 4 members (excludes halogenated alkanes) is 3. The Hall–Kier alpha value is -1.76. The molecule has 4 aromatic rings. The van der Waals surface area contributed by atoms with E-state index < -0.39 is 12.2 Å². The van der Waals surface area contributed by atoms with Gasteiger partial charge in [-0.15, -0.1) is 0 Å². The summed E-state index contributed by atoms with van der Waals surface area (Å²) in [6.45, 7) is 1.89. The topological polar surface area (TPSA) is 58.1 Å². The van der Waals surface area contributed by atoms with E-state index in [4.69, 9.17) is 0 Å². The number of aromatic nitrogens is 4. The molecule has 2 aromatic heterocycles. The summed E-state index contributed by atoms with van der Waals surface area (Å²) < 4.78 is 8.35. The molecule has 2 aromatic carbocycles. The van der Waals surface area contributed by atoms with Crippen LogP contribution in [-0.2, 0) is 27.2 Å². The summed E-state index contributed by atoms with van der Waals surface area (Å²) >= 11 is 0. The minimum Gasteiger partial charge on any atom is -1.00 e. The zero-order valence-corrected chi connectivity index (χ0v) is 25.2. The van der Waals surface area contributed by atoms with E-state index in [0.717, 1.165) is 61.3 Å². The third-order valence-corrected chi connectivity index (χ3v) is 6.43. The van der Waals surface area contributed by atoms with Crippen molar-refractivity contribution >= 4 is 0 Å². The van der Waals surface area contributed by atoms with E-state index in [2.05, 4.69) is 34.2 Å². The second-order valence-electron chi connectivity index (χ2n) is 9.08. The molecule has 0 bridgehead atoms. The lowest BCUT2D eigenvalue weighted by molar-refractivity contribution is -0.698. The van der Waals surface area contributed by atoms with Crippen molar-refractivity contribution in [2.45, 2.75) is 51.0 Å². The first-order chi connectivity index (χ1) is 16.5. The molecular formula is C28H36I2N4O2. The summed E-state index contributed by atoms with van der Waals surface area (Å²) in [4.78, 5) is 0. The number of nitrogens with zero attached hydrogens (tertiary/aromatic N) is 4. The average Bonchev–Trinajstić information content (AvgIpc) is 3.43. The Labute approximate surface area is 248 Å². The molecule has 2 atom stereocenters. The normalized spacial score (nSPS) is 12.4. The third-order valence-electron chi connectivity index (χ3n) is 6.43. The number of aliphatic hydroxyl groups excluding tert-OH is 2. The highest BCUT2D eigenvalue weighted by molar-refractivity contribution is 5.24. The van der Waals surface area contributed by atoms with Gasteiger partial charge in [-0.3, -0.25) is 0 Å². The van der Waals surface area contributed by atoms with Crippen LogP contribution >= 0.6 is 0 Å². The van der Waals surface area contributed by atoms with Crippen LogP contribution in [-0.4, -0.2) is 19.3 Å². The van der Waals surface area contributed by atoms with Gasteiger partial charge in [0.05, 0.1) is 27.2 Å². The number of imidazole rings is 2. The molecule has 0 saturated carbocycles. The van der Waals surface area contributed by atoms with Gasteiger partial charge in [0.15, 0.2) is 11.4 Å². The van der Waals surface area contributed by atoms with Gasteiger partial charge in [-0.2, -0.15) is 0 Å². The van der Waals surface area contributed by atoms with Crippen LogP contribution in [0.15, 0.2) is 85.7 Å². The maximum atomic E-state index is 10.7. The highest BCUT2D eigenvalue weighted by Crippen LogP contribution is 2.21. The van der Waals surface area contributed by atoms with Crippen LogP contribution in [0.5, 0.6) is 0 Å². The molecule has 2 heterocycles. The number of hydrogen-bond donors (Lipinski definition) is 2. The Morgan fingerprint density at radius 2 is 0.972 bits per heavy atom. The van der Waals surface area contributed by atoms with Crippen molar-refractivity contribution in [1.29, 1.82) is 0 Å². The highest BCUT2D eigenvalue weighted by atomic mass is 127. The number of benzene rings is 2. The second-order valence-corrected chi connectivity index (χ2v) is 9.08. The van der Waals surface area contributed by atoms with Gasteiger partial charge in [-0.25, -0.2) is 18.3 Å². The lowest BCUT2D eigenvalue weighted by atomic mass is 10.1. The molecule has 0 aliphatic carbocycles. The molecule has 0 radical (unpaired) electrons. The van der Waals surface area contributed by atoms with Crippen LogP contribution in [0.1, 0.15) is 60.4 Å². The summed E-state index contributed by atoms with van der Waals surface area (Å²) in [7, 11) is 3.97. The van der Waals surface area contributed by atoms with E-state index in [9.17, 15) is 10.2 Å². The van der Waals surface area contributed by atoms with Crippen LogP contribution in [0.3, 0.4) is 0 Å². The molecule has 0 spiro atoms. The van der Waals surface area contributed by atoms with E-state index in [-0.39, 0.29) is 48.0 Å². The largest absolute Gasteiger partial charge is 1.00 e. The molecule has 0 saturated heterocycles. The van der Waals surface area contributed by atoms with Gasteiger partial charge in [0.1, 0.15) is 24.6 Å². The predicted octanol–water partition coefficient (Wildman–Crippen LogP) is -2.63. The zero-order chi connectivity index (χ0) is 23.9. The molecular weight excluding hydrogens is 678 g/mol. The monoisotopic (exact) mass is 714 g/mol. The van der Waals surface area contributed by atoms with Crippen LogP contribution in [0.4, 0.5) is 0 Å². The fourth-order valence-electron chi connectivity index (χ4n) is 4.49. The summed E-state index contributed by atoms with van der Waals surface area (Å²) in [5, 5.41) is 21.4. The minimum absolute atomic E-state index is 0. The van der Waals surface area contributed by atoms with Gasteiger partial charge in [0.2, 0.25) is 12.7 Å². The molecule has 194 valence electrons. The van der Waals surface area contributed by atoms with E-state index >= 15 is 0 Å². The van der Waals surface area contributed by atoms with Crippen molar-refractivity contribution in [2.75, 3.05) is 0 Å². The maximum absolute atomic E-state index is 10.7. The smallest absolute Gasteiger partial charge is 0.243 e. The van der Waals surface area contributed by atoms with Crippen LogP contribution < -0.4 is 57.1 Å². The fraction of sp³-hybridized carbons (Fsp3) is 0.357. The van der Waals surface area contributed by atoms with Gasteiger partial charge >= 0.3 is 0 Å². The SMILES string of the molecule is Cn1c[n+](CCCCCC[n+]2cc(C(O)c3ccccc3)n(C)c2)cc1C(O)c1ccccc1.[I-].[I-]. The molecule has 4 rings (SSSR count). The van der Waals surface area contributed by atoms with Gasteiger partial charge < -0.3 is 58.2 Å². The lowest BCUT2D eigenvalue weighted by Crippen LogP contribution is -3.00. The first-order valence-electron chi connectivity index (χ1n) is 12.1. The first kappa shape index (κ1) is 30.5. The van der Waals surface area contributed by atoms with Crippen LogP contribution in [0.25, 0.3) is 0 Å². The Morgan fingerprint density at radius 1 is 0.611 bits per heavy atom. The Kier molecular flexibility index (Phi) is 12.6. The Balaban J connectivity index is 0.00000228. The van der Waals surface area contributed by atoms with Crippen molar-refractivity contribution < 1.29 is 67.3 Å². The molecule has 0 aliphatic rings. The zero-order valence-electron chi connectivity index (χ0n) is 20.9. The predicted molar refractivity (Wildman–Crippen MR) is 131 cm³/mol. The number of rotatable bonds is 11. The van der Waals surface area contributed by atoms with Crippen LogP contribution in [0, 0.1) is 0 Å². The molecule has 2 N–H and O–H groups in total. The summed E-state index contributed by atoms with van der Waals surface area (Å²) in [5.74, 6) is 0. The van der Waals surface area contributed by atoms with Crippen molar-refractivity contribution in [3.63, 3.8) is 0 Å². The maximum Gasteiger partial charge on any atom is 0.243 e.